The maximum Gasteiger partial charge on any atom is 0.253 e. The van der Waals surface area contributed by atoms with E-state index in [1.165, 1.54) is 5.56 Å². The van der Waals surface area contributed by atoms with E-state index in [2.05, 4.69) is 39.2 Å². The summed E-state index contributed by atoms with van der Waals surface area (Å²) in [6.07, 6.45) is 0. The fourth-order valence-electron chi connectivity index (χ4n) is 2.73. The summed E-state index contributed by atoms with van der Waals surface area (Å²) >= 11 is 5.49. The zero-order valence-electron chi connectivity index (χ0n) is 15.8. The molecule has 0 amide bonds. The van der Waals surface area contributed by atoms with Gasteiger partial charge in [0.25, 0.3) is 5.56 Å². The molecule has 1 aromatic carbocycles. The number of pyridine rings is 1. The molecule has 5 nitrogen and oxygen atoms in total. The monoisotopic (exact) mass is 360 g/mol. The highest BCUT2D eigenvalue weighted by Gasteiger charge is 2.14. The number of hydrogen-bond donors (Lipinski definition) is 2. The highest BCUT2D eigenvalue weighted by Crippen LogP contribution is 2.19. The first-order chi connectivity index (χ1) is 11.8. The molecule has 1 aromatic heterocycles. The number of aromatic nitrogens is 1. The van der Waals surface area contributed by atoms with E-state index in [1.807, 2.05) is 34.0 Å². The highest BCUT2D eigenvalue weighted by molar-refractivity contribution is 7.80. The summed E-state index contributed by atoms with van der Waals surface area (Å²) in [5, 5.41) is 4.93. The Balaban J connectivity index is 2.34. The molecule has 0 bridgehead atoms. The summed E-state index contributed by atoms with van der Waals surface area (Å²) in [4.78, 5) is 19.8. The summed E-state index contributed by atoms with van der Waals surface area (Å²) in [6.45, 7) is 9.01. The van der Waals surface area contributed by atoms with Crippen LogP contribution in [0.1, 0.15) is 23.6 Å². The van der Waals surface area contributed by atoms with E-state index >= 15 is 0 Å². The van der Waals surface area contributed by atoms with E-state index in [0.717, 1.165) is 41.7 Å². The van der Waals surface area contributed by atoms with E-state index in [1.54, 1.807) is 0 Å². The second-order valence-electron chi connectivity index (χ2n) is 6.66. The van der Waals surface area contributed by atoms with E-state index < -0.39 is 0 Å². The smallest absolute Gasteiger partial charge is 0.253 e. The lowest BCUT2D eigenvalue weighted by Gasteiger charge is -2.27. The van der Waals surface area contributed by atoms with Crippen LogP contribution in [0, 0.1) is 13.8 Å². The lowest BCUT2D eigenvalue weighted by atomic mass is 10.0. The van der Waals surface area contributed by atoms with Gasteiger partial charge < -0.3 is 20.1 Å². The van der Waals surface area contributed by atoms with Gasteiger partial charge >= 0.3 is 0 Å². The van der Waals surface area contributed by atoms with Crippen LogP contribution in [0.25, 0.3) is 10.9 Å². The molecule has 2 rings (SSSR count). The molecule has 1 heterocycles. The predicted octanol–water partition coefficient (Wildman–Crippen LogP) is 2.40. The predicted molar refractivity (Wildman–Crippen MR) is 109 cm³/mol. The molecule has 2 aromatic rings. The molecule has 0 atom stereocenters. The Bertz CT molecular complexity index is 813. The van der Waals surface area contributed by atoms with Crippen LogP contribution in [0.15, 0.2) is 23.0 Å². The van der Waals surface area contributed by atoms with Crippen LogP contribution >= 0.6 is 12.2 Å². The van der Waals surface area contributed by atoms with Crippen molar-refractivity contribution < 1.29 is 0 Å². The van der Waals surface area contributed by atoms with Crippen molar-refractivity contribution in [2.24, 2.45) is 0 Å². The number of nitrogens with one attached hydrogen (secondary N) is 2. The maximum atomic E-state index is 12.6. The van der Waals surface area contributed by atoms with Gasteiger partial charge in [-0.15, -0.1) is 0 Å². The van der Waals surface area contributed by atoms with Crippen LogP contribution in [0.3, 0.4) is 0 Å². The summed E-state index contributed by atoms with van der Waals surface area (Å²) in [5.41, 5.74) is 3.90. The number of thiocarbonyl (C=S) groups is 1. The summed E-state index contributed by atoms with van der Waals surface area (Å²) < 4.78 is 0. The Morgan fingerprint density at radius 1 is 1.24 bits per heavy atom. The third-order valence-corrected chi connectivity index (χ3v) is 4.82. The van der Waals surface area contributed by atoms with E-state index in [9.17, 15) is 4.79 Å². The first-order valence-electron chi connectivity index (χ1n) is 8.63. The van der Waals surface area contributed by atoms with Crippen LogP contribution in [0.2, 0.25) is 0 Å². The van der Waals surface area contributed by atoms with Crippen LogP contribution in [-0.4, -0.2) is 53.6 Å². The molecule has 25 heavy (non-hydrogen) atoms. The maximum absolute atomic E-state index is 12.6. The Morgan fingerprint density at radius 2 is 1.96 bits per heavy atom. The largest absolute Gasteiger partial charge is 0.363 e. The SMILES string of the molecule is CCNC(=S)N(CCN(C)C)Cc1cc2ccc(C)c(C)c2[nH]c1=O. The topological polar surface area (TPSA) is 51.4 Å². The molecule has 0 aliphatic heterocycles. The van der Waals surface area contributed by atoms with Gasteiger partial charge in [0.15, 0.2) is 5.11 Å². The molecule has 0 spiro atoms. The number of hydrogen-bond acceptors (Lipinski definition) is 3. The number of H-pyrrole nitrogens is 1. The van der Waals surface area contributed by atoms with Crippen molar-refractivity contribution in [1.29, 1.82) is 0 Å². The Hall–Kier alpha value is -1.92. The van der Waals surface area contributed by atoms with Crippen molar-refractivity contribution in [3.05, 3.63) is 45.2 Å². The number of nitrogens with zero attached hydrogens (tertiary/aromatic N) is 2. The Morgan fingerprint density at radius 3 is 2.60 bits per heavy atom. The summed E-state index contributed by atoms with van der Waals surface area (Å²) in [5.74, 6) is 0. The van der Waals surface area contributed by atoms with Gasteiger partial charge in [-0.05, 0) is 69.7 Å². The van der Waals surface area contributed by atoms with Gasteiger partial charge in [0.1, 0.15) is 0 Å². The van der Waals surface area contributed by atoms with Gasteiger partial charge in [-0.1, -0.05) is 12.1 Å². The zero-order chi connectivity index (χ0) is 18.6. The van der Waals surface area contributed by atoms with Crippen molar-refractivity contribution in [2.75, 3.05) is 33.7 Å². The molecule has 6 heteroatoms. The lowest BCUT2D eigenvalue weighted by molar-refractivity contribution is 0.322. The fourth-order valence-corrected chi connectivity index (χ4v) is 3.03. The number of aromatic amines is 1. The molecule has 0 radical (unpaired) electrons. The van der Waals surface area contributed by atoms with E-state index in [0.29, 0.717) is 11.7 Å². The minimum atomic E-state index is -0.0460. The van der Waals surface area contributed by atoms with Gasteiger partial charge in [0.2, 0.25) is 0 Å². The van der Waals surface area contributed by atoms with Crippen molar-refractivity contribution in [2.45, 2.75) is 27.3 Å². The van der Waals surface area contributed by atoms with Crippen LogP contribution in [-0.2, 0) is 6.54 Å². The molecule has 0 aliphatic carbocycles. The highest BCUT2D eigenvalue weighted by atomic mass is 32.1. The minimum Gasteiger partial charge on any atom is -0.363 e. The average Bonchev–Trinajstić information content (AvgIpc) is 2.56. The zero-order valence-corrected chi connectivity index (χ0v) is 16.6. The molecule has 0 unspecified atom stereocenters. The Labute approximate surface area is 155 Å². The first-order valence-corrected chi connectivity index (χ1v) is 9.04. The number of aryl methyl sites for hydroxylation is 2. The standard InChI is InChI=1S/C19H28N4OS/c1-6-20-19(25)23(10-9-22(4)5)12-16-11-15-8-7-13(2)14(3)17(15)21-18(16)24/h7-8,11H,6,9-10,12H2,1-5H3,(H,20,25)(H,21,24). The second kappa shape index (κ2) is 8.45. The number of benzene rings is 1. The van der Waals surface area contributed by atoms with Gasteiger partial charge in [-0.2, -0.15) is 0 Å². The number of rotatable bonds is 6. The van der Waals surface area contributed by atoms with Gasteiger partial charge in [0.05, 0.1) is 12.1 Å². The summed E-state index contributed by atoms with van der Waals surface area (Å²) in [7, 11) is 4.06. The molecule has 136 valence electrons. The van der Waals surface area contributed by atoms with Gasteiger partial charge in [0, 0.05) is 25.2 Å². The van der Waals surface area contributed by atoms with E-state index in [-0.39, 0.29) is 5.56 Å². The van der Waals surface area contributed by atoms with Crippen molar-refractivity contribution in [1.82, 2.24) is 20.1 Å². The van der Waals surface area contributed by atoms with Crippen LogP contribution in [0.4, 0.5) is 0 Å². The molecule has 0 fully saturated rings. The van der Waals surface area contributed by atoms with Crippen molar-refractivity contribution in [3.63, 3.8) is 0 Å². The molecular weight excluding hydrogens is 332 g/mol. The average molecular weight is 361 g/mol. The van der Waals surface area contributed by atoms with Crippen LogP contribution in [0.5, 0.6) is 0 Å². The van der Waals surface area contributed by atoms with Crippen molar-refractivity contribution in [3.8, 4) is 0 Å². The van der Waals surface area contributed by atoms with Crippen molar-refractivity contribution >= 4 is 28.2 Å². The third kappa shape index (κ3) is 4.80. The number of fused-ring (bicyclic) bond motifs is 1. The van der Waals surface area contributed by atoms with Crippen LogP contribution < -0.4 is 10.9 Å². The van der Waals surface area contributed by atoms with Gasteiger partial charge in [-0.25, -0.2) is 0 Å². The second-order valence-corrected chi connectivity index (χ2v) is 7.04. The Kier molecular flexibility index (Phi) is 6.56. The normalized spacial score (nSPS) is 11.1. The molecule has 0 saturated carbocycles. The molecule has 2 N–H and O–H groups in total. The van der Waals surface area contributed by atoms with E-state index in [4.69, 9.17) is 12.2 Å². The molecule has 0 aliphatic rings. The number of likely N-dealkylation sites (N-methyl/N-ethyl adjacent to an activating group) is 1. The third-order valence-electron chi connectivity index (χ3n) is 4.42. The fraction of sp³-hybridized carbons (Fsp3) is 0.474. The molecular formula is C19H28N4OS. The van der Waals surface area contributed by atoms with Gasteiger partial charge in [-0.3, -0.25) is 4.79 Å². The lowest BCUT2D eigenvalue weighted by Crippen LogP contribution is -2.43. The first kappa shape index (κ1) is 19.4. The quantitative estimate of drug-likeness (QED) is 0.775. The summed E-state index contributed by atoms with van der Waals surface area (Å²) in [6, 6.07) is 6.13. The minimum absolute atomic E-state index is 0.0460. The molecule has 0 saturated heterocycles.